The third-order valence-electron chi connectivity index (χ3n) is 4.23. The summed E-state index contributed by atoms with van der Waals surface area (Å²) >= 11 is 1.66. The van der Waals surface area contributed by atoms with Gasteiger partial charge in [0.25, 0.3) is 0 Å². The molecule has 1 saturated carbocycles. The molecule has 18 heavy (non-hydrogen) atoms. The molecule has 1 fully saturated rings. The summed E-state index contributed by atoms with van der Waals surface area (Å²) in [5, 5.41) is 14.9. The molecule has 0 saturated heterocycles. The van der Waals surface area contributed by atoms with Gasteiger partial charge in [-0.3, -0.25) is 0 Å². The Balaban J connectivity index is 2.02. The first-order chi connectivity index (χ1) is 8.83. The van der Waals surface area contributed by atoms with Crippen LogP contribution < -0.4 is 0 Å². The molecule has 1 N–H and O–H groups in total. The molecule has 2 aromatic rings. The van der Waals surface area contributed by atoms with E-state index in [0.717, 1.165) is 18.4 Å². The van der Waals surface area contributed by atoms with Crippen molar-refractivity contribution >= 4 is 11.3 Å². The van der Waals surface area contributed by atoms with Crippen molar-refractivity contribution in [3.8, 4) is 0 Å². The van der Waals surface area contributed by atoms with Crippen molar-refractivity contribution in [3.05, 3.63) is 58.3 Å². The second-order valence-electron chi connectivity index (χ2n) is 5.19. The van der Waals surface area contributed by atoms with Crippen LogP contribution in [0, 0.1) is 0 Å². The zero-order valence-electron chi connectivity index (χ0n) is 10.4. The van der Waals surface area contributed by atoms with Crippen LogP contribution in [0.1, 0.15) is 42.9 Å². The van der Waals surface area contributed by atoms with Gasteiger partial charge in [0.1, 0.15) is 0 Å². The minimum Gasteiger partial charge on any atom is -0.387 e. The molecule has 0 radical (unpaired) electrons. The first kappa shape index (κ1) is 11.9. The number of benzene rings is 1. The Bertz CT molecular complexity index is 483. The van der Waals surface area contributed by atoms with Gasteiger partial charge < -0.3 is 5.11 Å². The summed E-state index contributed by atoms with van der Waals surface area (Å²) < 4.78 is 0. The van der Waals surface area contributed by atoms with Crippen LogP contribution in [0.3, 0.4) is 0 Å². The minimum atomic E-state index is -0.367. The molecule has 0 amide bonds. The first-order valence-electron chi connectivity index (χ1n) is 6.59. The molecule has 0 spiro atoms. The van der Waals surface area contributed by atoms with E-state index in [4.69, 9.17) is 0 Å². The fraction of sp³-hybridized carbons (Fsp3) is 0.375. The van der Waals surface area contributed by atoms with Crippen LogP contribution in [0.4, 0.5) is 0 Å². The first-order valence-corrected chi connectivity index (χ1v) is 7.53. The normalized spacial score (nSPS) is 19.8. The number of aliphatic hydroxyl groups excluding tert-OH is 1. The van der Waals surface area contributed by atoms with E-state index < -0.39 is 0 Å². The molecule has 1 aliphatic carbocycles. The average molecular weight is 258 g/mol. The summed E-state index contributed by atoms with van der Waals surface area (Å²) in [6.45, 7) is 0. The Labute approximate surface area is 112 Å². The zero-order valence-corrected chi connectivity index (χ0v) is 11.2. The number of hydrogen-bond acceptors (Lipinski definition) is 2. The van der Waals surface area contributed by atoms with Crippen LogP contribution in [-0.4, -0.2) is 5.11 Å². The number of aliphatic hydroxyl groups is 1. The second kappa shape index (κ2) is 4.87. The molecular weight excluding hydrogens is 240 g/mol. The van der Waals surface area contributed by atoms with E-state index in [9.17, 15) is 5.11 Å². The van der Waals surface area contributed by atoms with Gasteiger partial charge in [-0.25, -0.2) is 0 Å². The van der Waals surface area contributed by atoms with Crippen molar-refractivity contribution in [2.45, 2.75) is 37.2 Å². The predicted molar refractivity (Wildman–Crippen MR) is 75.9 cm³/mol. The van der Waals surface area contributed by atoms with E-state index in [1.807, 2.05) is 11.4 Å². The van der Waals surface area contributed by atoms with Gasteiger partial charge in [-0.05, 0) is 40.8 Å². The zero-order chi connectivity index (χ0) is 12.4. The maximum absolute atomic E-state index is 10.8. The fourth-order valence-electron chi connectivity index (χ4n) is 3.25. The van der Waals surface area contributed by atoms with E-state index in [-0.39, 0.29) is 11.5 Å². The minimum absolute atomic E-state index is 0.0671. The molecule has 2 heteroatoms. The Hall–Kier alpha value is -1.12. The number of rotatable bonds is 3. The highest BCUT2D eigenvalue weighted by Crippen LogP contribution is 2.49. The molecule has 1 atom stereocenters. The van der Waals surface area contributed by atoms with Gasteiger partial charge in [0.05, 0.1) is 6.10 Å². The predicted octanol–water partition coefficient (Wildman–Crippen LogP) is 4.29. The van der Waals surface area contributed by atoms with E-state index in [1.54, 1.807) is 11.3 Å². The molecule has 1 aliphatic rings. The van der Waals surface area contributed by atoms with Crippen molar-refractivity contribution < 1.29 is 5.11 Å². The molecule has 1 unspecified atom stereocenters. The molecule has 0 aliphatic heterocycles. The van der Waals surface area contributed by atoms with Crippen molar-refractivity contribution in [1.82, 2.24) is 0 Å². The molecule has 1 aromatic heterocycles. The van der Waals surface area contributed by atoms with E-state index in [2.05, 4.69) is 35.7 Å². The van der Waals surface area contributed by atoms with Gasteiger partial charge in [-0.1, -0.05) is 43.2 Å². The van der Waals surface area contributed by atoms with Crippen molar-refractivity contribution in [2.24, 2.45) is 0 Å². The van der Waals surface area contributed by atoms with E-state index in [1.165, 1.54) is 18.4 Å². The molecule has 0 bridgehead atoms. The Morgan fingerprint density at radius 3 is 2.39 bits per heavy atom. The number of thiophene rings is 1. The van der Waals surface area contributed by atoms with E-state index in [0.29, 0.717) is 0 Å². The van der Waals surface area contributed by atoms with Crippen LogP contribution in [0.2, 0.25) is 0 Å². The summed E-state index contributed by atoms with van der Waals surface area (Å²) in [6.07, 6.45) is 4.25. The lowest BCUT2D eigenvalue weighted by Crippen LogP contribution is -2.30. The molecule has 94 valence electrons. The summed E-state index contributed by atoms with van der Waals surface area (Å²) in [7, 11) is 0. The monoisotopic (exact) mass is 258 g/mol. The van der Waals surface area contributed by atoms with Gasteiger partial charge in [-0.2, -0.15) is 11.3 Å². The SMILES string of the molecule is OC(c1ccsc1)C1(c2ccccc2)CCCC1. The van der Waals surface area contributed by atoms with E-state index >= 15 is 0 Å². The summed E-state index contributed by atoms with van der Waals surface area (Å²) in [6, 6.07) is 12.6. The third-order valence-corrected chi connectivity index (χ3v) is 4.93. The van der Waals surface area contributed by atoms with Gasteiger partial charge in [0, 0.05) is 5.41 Å². The van der Waals surface area contributed by atoms with Gasteiger partial charge in [-0.15, -0.1) is 0 Å². The Morgan fingerprint density at radius 2 is 1.78 bits per heavy atom. The molecule has 1 aromatic carbocycles. The summed E-state index contributed by atoms with van der Waals surface area (Å²) in [5.74, 6) is 0. The van der Waals surface area contributed by atoms with Crippen LogP contribution in [0.15, 0.2) is 47.2 Å². The standard InChI is InChI=1S/C16H18OS/c17-15(13-8-11-18-12-13)16(9-4-5-10-16)14-6-2-1-3-7-14/h1-3,6-8,11-12,15,17H,4-5,9-10H2. The molecule has 1 nitrogen and oxygen atoms in total. The van der Waals surface area contributed by atoms with Gasteiger partial charge in [0.15, 0.2) is 0 Å². The quantitative estimate of drug-likeness (QED) is 0.870. The second-order valence-corrected chi connectivity index (χ2v) is 5.97. The summed E-state index contributed by atoms with van der Waals surface area (Å²) in [4.78, 5) is 0. The largest absolute Gasteiger partial charge is 0.387 e. The molecular formula is C16H18OS. The van der Waals surface area contributed by atoms with Crippen LogP contribution in [-0.2, 0) is 5.41 Å². The summed E-state index contributed by atoms with van der Waals surface area (Å²) in [5.41, 5.74) is 2.30. The van der Waals surface area contributed by atoms with Gasteiger partial charge >= 0.3 is 0 Å². The lowest BCUT2D eigenvalue weighted by Gasteiger charge is -2.34. The highest BCUT2D eigenvalue weighted by Gasteiger charge is 2.42. The maximum atomic E-state index is 10.8. The topological polar surface area (TPSA) is 20.2 Å². The lowest BCUT2D eigenvalue weighted by atomic mass is 9.72. The highest BCUT2D eigenvalue weighted by molar-refractivity contribution is 7.07. The molecule has 1 heterocycles. The Morgan fingerprint density at radius 1 is 1.06 bits per heavy atom. The third kappa shape index (κ3) is 1.90. The fourth-order valence-corrected chi connectivity index (χ4v) is 3.92. The average Bonchev–Trinajstić information content (AvgIpc) is 3.11. The van der Waals surface area contributed by atoms with Crippen molar-refractivity contribution in [3.63, 3.8) is 0 Å². The smallest absolute Gasteiger partial charge is 0.0894 e. The Kier molecular flexibility index (Phi) is 3.23. The van der Waals surface area contributed by atoms with Crippen LogP contribution in [0.25, 0.3) is 0 Å². The van der Waals surface area contributed by atoms with Gasteiger partial charge in [0.2, 0.25) is 0 Å². The maximum Gasteiger partial charge on any atom is 0.0894 e. The van der Waals surface area contributed by atoms with Crippen molar-refractivity contribution in [1.29, 1.82) is 0 Å². The van der Waals surface area contributed by atoms with Crippen LogP contribution in [0.5, 0.6) is 0 Å². The lowest BCUT2D eigenvalue weighted by molar-refractivity contribution is 0.0826. The van der Waals surface area contributed by atoms with Crippen LogP contribution >= 0.6 is 11.3 Å². The van der Waals surface area contributed by atoms with Crippen molar-refractivity contribution in [2.75, 3.05) is 0 Å². The number of hydrogen-bond donors (Lipinski definition) is 1. The highest BCUT2D eigenvalue weighted by atomic mass is 32.1. The molecule has 3 rings (SSSR count).